The number of hydrogen-bond donors (Lipinski definition) is 0. The molecular formula is C8H15NO2S. The molecule has 1 heterocycles. The minimum absolute atomic E-state index is 0.0544. The average molecular weight is 189 g/mol. The summed E-state index contributed by atoms with van der Waals surface area (Å²) in [6.07, 6.45) is 0. The van der Waals surface area contributed by atoms with Crippen LogP contribution in [0.5, 0.6) is 0 Å². The van der Waals surface area contributed by atoms with Crippen molar-refractivity contribution in [3.05, 3.63) is 0 Å². The molecule has 0 N–H and O–H groups in total. The van der Waals surface area contributed by atoms with Gasteiger partial charge in [0.25, 0.3) is 0 Å². The van der Waals surface area contributed by atoms with Crippen molar-refractivity contribution >= 4 is 17.7 Å². The second kappa shape index (κ2) is 3.26. The van der Waals surface area contributed by atoms with Crippen molar-refractivity contribution in [1.29, 1.82) is 0 Å². The van der Waals surface area contributed by atoms with Crippen LogP contribution in [0.4, 0.5) is 0 Å². The van der Waals surface area contributed by atoms with E-state index >= 15 is 0 Å². The van der Waals surface area contributed by atoms with Crippen LogP contribution in [0.1, 0.15) is 13.8 Å². The van der Waals surface area contributed by atoms with E-state index in [-0.39, 0.29) is 16.9 Å². The van der Waals surface area contributed by atoms with Gasteiger partial charge in [0.1, 0.15) is 6.04 Å². The number of ether oxygens (including phenoxy) is 1. The van der Waals surface area contributed by atoms with Crippen LogP contribution in [-0.2, 0) is 9.53 Å². The van der Waals surface area contributed by atoms with E-state index in [1.807, 2.05) is 7.05 Å². The molecule has 1 atom stereocenters. The zero-order chi connectivity index (χ0) is 9.35. The molecule has 0 radical (unpaired) electrons. The monoisotopic (exact) mass is 189 g/mol. The van der Waals surface area contributed by atoms with Gasteiger partial charge in [0.2, 0.25) is 0 Å². The van der Waals surface area contributed by atoms with E-state index in [9.17, 15) is 4.79 Å². The molecule has 0 unspecified atom stereocenters. The Balaban J connectivity index is 2.67. The first kappa shape index (κ1) is 9.86. The summed E-state index contributed by atoms with van der Waals surface area (Å²) in [6.45, 7) is 4.22. The summed E-state index contributed by atoms with van der Waals surface area (Å²) in [5.41, 5.74) is 0. The molecule has 0 aromatic rings. The Morgan fingerprint density at radius 2 is 2.25 bits per heavy atom. The molecule has 0 aliphatic carbocycles. The number of methoxy groups -OCH3 is 1. The van der Waals surface area contributed by atoms with Crippen LogP contribution < -0.4 is 0 Å². The summed E-state index contributed by atoms with van der Waals surface area (Å²) >= 11 is 1.78. The first-order valence-electron chi connectivity index (χ1n) is 3.94. The Kier molecular flexibility index (Phi) is 2.68. The SMILES string of the molecule is COC(=O)[C@@H]1CSC(C)(C)N1C. The third-order valence-corrected chi connectivity index (χ3v) is 3.86. The van der Waals surface area contributed by atoms with Crippen LogP contribution in [0, 0.1) is 0 Å². The molecule has 0 saturated carbocycles. The first-order valence-corrected chi connectivity index (χ1v) is 4.92. The van der Waals surface area contributed by atoms with E-state index in [2.05, 4.69) is 18.7 Å². The van der Waals surface area contributed by atoms with Crippen molar-refractivity contribution in [3.63, 3.8) is 0 Å². The van der Waals surface area contributed by atoms with Gasteiger partial charge in [0, 0.05) is 5.75 Å². The van der Waals surface area contributed by atoms with Crippen LogP contribution in [0.25, 0.3) is 0 Å². The number of rotatable bonds is 1. The fraction of sp³-hybridized carbons (Fsp3) is 0.875. The maximum Gasteiger partial charge on any atom is 0.323 e. The summed E-state index contributed by atoms with van der Waals surface area (Å²) in [5.74, 6) is 0.700. The van der Waals surface area contributed by atoms with E-state index in [0.717, 1.165) is 5.75 Å². The Morgan fingerprint density at radius 1 is 1.67 bits per heavy atom. The van der Waals surface area contributed by atoms with E-state index in [1.54, 1.807) is 11.8 Å². The predicted molar refractivity (Wildman–Crippen MR) is 50.1 cm³/mol. The smallest absolute Gasteiger partial charge is 0.323 e. The van der Waals surface area contributed by atoms with Gasteiger partial charge < -0.3 is 4.74 Å². The third kappa shape index (κ3) is 1.59. The van der Waals surface area contributed by atoms with Crippen LogP contribution in [-0.4, -0.2) is 41.7 Å². The topological polar surface area (TPSA) is 29.5 Å². The first-order chi connectivity index (χ1) is 5.49. The largest absolute Gasteiger partial charge is 0.468 e. The summed E-state index contributed by atoms with van der Waals surface area (Å²) in [6, 6.07) is -0.0741. The van der Waals surface area contributed by atoms with Crippen LogP contribution in [0.2, 0.25) is 0 Å². The fourth-order valence-electron chi connectivity index (χ4n) is 1.23. The van der Waals surface area contributed by atoms with E-state index in [1.165, 1.54) is 7.11 Å². The predicted octanol–water partition coefficient (Wildman–Crippen LogP) is 0.943. The lowest BCUT2D eigenvalue weighted by Crippen LogP contribution is -2.43. The van der Waals surface area contributed by atoms with Gasteiger partial charge >= 0.3 is 5.97 Å². The molecule has 1 aliphatic heterocycles. The average Bonchev–Trinajstić information content (AvgIpc) is 2.27. The fourth-order valence-corrected chi connectivity index (χ4v) is 2.49. The van der Waals surface area contributed by atoms with Gasteiger partial charge in [0.05, 0.1) is 12.0 Å². The molecule has 0 amide bonds. The molecule has 1 fully saturated rings. The highest BCUT2D eigenvalue weighted by Crippen LogP contribution is 2.37. The summed E-state index contributed by atoms with van der Waals surface area (Å²) in [5, 5.41) is 0. The highest BCUT2D eigenvalue weighted by atomic mass is 32.2. The van der Waals surface area contributed by atoms with Crippen molar-refractivity contribution in [2.45, 2.75) is 24.8 Å². The van der Waals surface area contributed by atoms with Crippen LogP contribution in [0.15, 0.2) is 0 Å². The minimum Gasteiger partial charge on any atom is -0.468 e. The highest BCUT2D eigenvalue weighted by Gasteiger charge is 2.41. The van der Waals surface area contributed by atoms with Gasteiger partial charge in [-0.05, 0) is 20.9 Å². The lowest BCUT2D eigenvalue weighted by molar-refractivity contribution is -0.145. The Hall–Kier alpha value is -0.220. The number of esters is 1. The molecule has 70 valence electrons. The number of nitrogens with zero attached hydrogens (tertiary/aromatic N) is 1. The van der Waals surface area contributed by atoms with E-state index in [0.29, 0.717) is 0 Å². The second-order valence-electron chi connectivity index (χ2n) is 3.41. The van der Waals surface area contributed by atoms with Gasteiger partial charge in [0.15, 0.2) is 0 Å². The van der Waals surface area contributed by atoms with E-state index in [4.69, 9.17) is 4.74 Å². The summed E-state index contributed by atoms with van der Waals surface area (Å²) in [7, 11) is 3.40. The summed E-state index contributed by atoms with van der Waals surface area (Å²) in [4.78, 5) is 13.3. The maximum absolute atomic E-state index is 11.2. The number of thioether (sulfide) groups is 1. The lowest BCUT2D eigenvalue weighted by atomic mass is 10.2. The maximum atomic E-state index is 11.2. The van der Waals surface area contributed by atoms with Gasteiger partial charge in [-0.15, -0.1) is 11.8 Å². The molecule has 3 nitrogen and oxygen atoms in total. The molecule has 0 spiro atoms. The molecule has 0 aromatic carbocycles. The quantitative estimate of drug-likeness (QED) is 0.574. The molecular weight excluding hydrogens is 174 g/mol. The molecule has 1 aliphatic rings. The van der Waals surface area contributed by atoms with Gasteiger partial charge in [-0.2, -0.15) is 0 Å². The zero-order valence-corrected chi connectivity index (χ0v) is 8.77. The van der Waals surface area contributed by atoms with Crippen molar-refractivity contribution in [2.24, 2.45) is 0 Å². The van der Waals surface area contributed by atoms with Crippen LogP contribution >= 0.6 is 11.8 Å². The standard InChI is InChI=1S/C8H15NO2S/c1-8(2)9(3)6(5-12-8)7(10)11-4/h6H,5H2,1-4H3/t6-/m0/s1. The van der Waals surface area contributed by atoms with Gasteiger partial charge in [-0.3, -0.25) is 9.69 Å². The molecule has 0 bridgehead atoms. The molecule has 0 aromatic heterocycles. The van der Waals surface area contributed by atoms with Crippen molar-refractivity contribution in [3.8, 4) is 0 Å². The normalized spacial score (nSPS) is 28.8. The third-order valence-electron chi connectivity index (χ3n) is 2.38. The van der Waals surface area contributed by atoms with E-state index < -0.39 is 0 Å². The Morgan fingerprint density at radius 3 is 2.58 bits per heavy atom. The molecule has 12 heavy (non-hydrogen) atoms. The second-order valence-corrected chi connectivity index (χ2v) is 5.03. The van der Waals surface area contributed by atoms with Crippen molar-refractivity contribution in [2.75, 3.05) is 19.9 Å². The molecule has 4 heteroatoms. The Bertz CT molecular complexity index is 193. The lowest BCUT2D eigenvalue weighted by Gasteiger charge is -2.29. The van der Waals surface area contributed by atoms with Crippen molar-refractivity contribution < 1.29 is 9.53 Å². The Labute approximate surface area is 77.4 Å². The highest BCUT2D eigenvalue weighted by molar-refractivity contribution is 8.00. The number of carbonyl (C=O) groups excluding carboxylic acids is 1. The molecule has 1 saturated heterocycles. The number of hydrogen-bond acceptors (Lipinski definition) is 4. The zero-order valence-electron chi connectivity index (χ0n) is 7.96. The summed E-state index contributed by atoms with van der Waals surface area (Å²) < 4.78 is 4.70. The van der Waals surface area contributed by atoms with Crippen molar-refractivity contribution in [1.82, 2.24) is 4.90 Å². The number of carbonyl (C=O) groups is 1. The minimum atomic E-state index is -0.129. The van der Waals surface area contributed by atoms with Gasteiger partial charge in [-0.1, -0.05) is 0 Å². The van der Waals surface area contributed by atoms with Crippen LogP contribution in [0.3, 0.4) is 0 Å². The molecule has 1 rings (SSSR count). The van der Waals surface area contributed by atoms with Gasteiger partial charge in [-0.25, -0.2) is 0 Å². The number of likely N-dealkylation sites (N-methyl/N-ethyl adjacent to an activating group) is 1.